The van der Waals surface area contributed by atoms with E-state index >= 15 is 0 Å². The molecule has 0 spiro atoms. The highest BCUT2D eigenvalue weighted by molar-refractivity contribution is 7.52. The van der Waals surface area contributed by atoms with Gasteiger partial charge in [0.15, 0.2) is 0 Å². The molecule has 0 radical (unpaired) electrons. The summed E-state index contributed by atoms with van der Waals surface area (Å²) in [6.45, 7) is 2.19. The van der Waals surface area contributed by atoms with Crippen molar-refractivity contribution in [1.82, 2.24) is 0 Å². The van der Waals surface area contributed by atoms with Gasteiger partial charge in [-0.05, 0) is 19.3 Å². The normalized spacial score (nSPS) is 20.8. The fraction of sp³-hybridized carbons (Fsp3) is 1.00. The van der Waals surface area contributed by atoms with Crippen molar-refractivity contribution < 1.29 is 14.0 Å². The third-order valence-electron chi connectivity index (χ3n) is 3.66. The molecule has 3 nitrogen and oxygen atoms in total. The van der Waals surface area contributed by atoms with Gasteiger partial charge in [-0.1, -0.05) is 58.3 Å². The Morgan fingerprint density at radius 2 is 1.67 bits per heavy atom. The van der Waals surface area contributed by atoms with Crippen molar-refractivity contribution in [3.8, 4) is 0 Å². The van der Waals surface area contributed by atoms with E-state index in [4.69, 9.17) is 4.52 Å². The first-order valence-corrected chi connectivity index (χ1v) is 9.40. The zero-order valence-electron chi connectivity index (χ0n) is 11.8. The van der Waals surface area contributed by atoms with E-state index in [-0.39, 0.29) is 6.10 Å². The molecule has 0 amide bonds. The number of unbranched alkanes of at least 4 members (excludes halogenated alkanes) is 5. The van der Waals surface area contributed by atoms with E-state index in [2.05, 4.69) is 6.92 Å². The highest BCUT2D eigenvalue weighted by Crippen LogP contribution is 2.46. The molecule has 1 N–H and O–H groups in total. The molecule has 1 unspecified atom stereocenters. The second-order valence-corrected chi connectivity index (χ2v) is 7.43. The smallest absolute Gasteiger partial charge is 0.324 e. The molecule has 0 aromatic carbocycles. The van der Waals surface area contributed by atoms with Crippen molar-refractivity contribution in [3.63, 3.8) is 0 Å². The van der Waals surface area contributed by atoms with Crippen LogP contribution in [0.2, 0.25) is 0 Å². The van der Waals surface area contributed by atoms with Crippen molar-refractivity contribution in [2.75, 3.05) is 6.16 Å². The van der Waals surface area contributed by atoms with Gasteiger partial charge in [-0.25, -0.2) is 0 Å². The SMILES string of the molecule is CCCCCCCCP(=O)(O)OC1CCCCC1. The van der Waals surface area contributed by atoms with E-state index in [9.17, 15) is 9.46 Å². The lowest BCUT2D eigenvalue weighted by atomic mass is 9.98. The molecule has 1 saturated carbocycles. The summed E-state index contributed by atoms with van der Waals surface area (Å²) in [5.74, 6) is 0. The van der Waals surface area contributed by atoms with Gasteiger partial charge < -0.3 is 9.42 Å². The Balaban J connectivity index is 2.08. The Labute approximate surface area is 112 Å². The summed E-state index contributed by atoms with van der Waals surface area (Å²) in [6, 6.07) is 0. The Morgan fingerprint density at radius 1 is 1.06 bits per heavy atom. The van der Waals surface area contributed by atoms with E-state index < -0.39 is 7.60 Å². The molecule has 1 atom stereocenters. The second kappa shape index (κ2) is 9.12. The van der Waals surface area contributed by atoms with Crippen LogP contribution in [0.3, 0.4) is 0 Å². The fourth-order valence-corrected chi connectivity index (χ4v) is 3.95. The Morgan fingerprint density at radius 3 is 2.33 bits per heavy atom. The Bertz CT molecular complexity index is 249. The summed E-state index contributed by atoms with van der Waals surface area (Å²) in [5.41, 5.74) is 0. The lowest BCUT2D eigenvalue weighted by molar-refractivity contribution is 0.135. The molecule has 0 heterocycles. The second-order valence-electron chi connectivity index (χ2n) is 5.49. The fourth-order valence-electron chi connectivity index (χ4n) is 2.55. The van der Waals surface area contributed by atoms with Gasteiger partial charge >= 0.3 is 7.60 Å². The van der Waals surface area contributed by atoms with E-state index in [0.717, 1.165) is 38.5 Å². The van der Waals surface area contributed by atoms with Crippen molar-refractivity contribution in [3.05, 3.63) is 0 Å². The first-order chi connectivity index (χ1) is 8.64. The highest BCUT2D eigenvalue weighted by Gasteiger charge is 2.25. The van der Waals surface area contributed by atoms with Crippen LogP contribution in [-0.4, -0.2) is 17.2 Å². The van der Waals surface area contributed by atoms with E-state index in [1.54, 1.807) is 0 Å². The lowest BCUT2D eigenvalue weighted by Gasteiger charge is -2.24. The molecule has 0 bridgehead atoms. The van der Waals surface area contributed by atoms with Crippen LogP contribution < -0.4 is 0 Å². The molecule has 1 aliphatic carbocycles. The van der Waals surface area contributed by atoms with Crippen LogP contribution in [0.1, 0.15) is 77.6 Å². The van der Waals surface area contributed by atoms with Crippen LogP contribution in [0.4, 0.5) is 0 Å². The molecular weight excluding hydrogens is 247 g/mol. The molecule has 0 aromatic rings. The topological polar surface area (TPSA) is 46.5 Å². The first kappa shape index (κ1) is 16.2. The minimum atomic E-state index is -3.32. The zero-order valence-corrected chi connectivity index (χ0v) is 12.7. The quantitative estimate of drug-likeness (QED) is 0.482. The largest absolute Gasteiger partial charge is 0.328 e. The average molecular weight is 276 g/mol. The summed E-state index contributed by atoms with van der Waals surface area (Å²) in [4.78, 5) is 9.80. The number of hydrogen-bond donors (Lipinski definition) is 1. The van der Waals surface area contributed by atoms with Gasteiger partial charge in [0.2, 0.25) is 0 Å². The van der Waals surface area contributed by atoms with E-state index in [0.29, 0.717) is 6.16 Å². The standard InChI is InChI=1S/C14H29O3P/c1-2-3-4-5-6-10-13-18(15,16)17-14-11-8-7-9-12-14/h14H,2-13H2,1H3,(H,15,16). The highest BCUT2D eigenvalue weighted by atomic mass is 31.2. The zero-order chi connectivity index (χ0) is 13.3. The predicted octanol–water partition coefficient (Wildman–Crippen LogP) is 4.88. The van der Waals surface area contributed by atoms with Gasteiger partial charge in [-0.15, -0.1) is 0 Å². The van der Waals surface area contributed by atoms with Crippen LogP contribution in [0.25, 0.3) is 0 Å². The molecule has 0 aliphatic heterocycles. The number of hydrogen-bond acceptors (Lipinski definition) is 2. The van der Waals surface area contributed by atoms with E-state index in [1.165, 1.54) is 32.1 Å². The molecule has 0 aromatic heterocycles. The first-order valence-electron chi connectivity index (χ1n) is 7.64. The molecule has 18 heavy (non-hydrogen) atoms. The summed E-state index contributed by atoms with van der Waals surface area (Å²) < 4.78 is 17.3. The van der Waals surface area contributed by atoms with Crippen LogP contribution in [0.5, 0.6) is 0 Å². The van der Waals surface area contributed by atoms with Gasteiger partial charge in [0.25, 0.3) is 0 Å². The van der Waals surface area contributed by atoms with E-state index in [1.807, 2.05) is 0 Å². The van der Waals surface area contributed by atoms with Crippen molar-refractivity contribution in [1.29, 1.82) is 0 Å². The lowest BCUT2D eigenvalue weighted by Crippen LogP contribution is -2.15. The molecule has 108 valence electrons. The molecular formula is C14H29O3P. The number of rotatable bonds is 9. The molecule has 1 fully saturated rings. The third kappa shape index (κ3) is 7.56. The van der Waals surface area contributed by atoms with Gasteiger partial charge in [-0.3, -0.25) is 4.57 Å². The molecule has 0 saturated heterocycles. The maximum atomic E-state index is 11.9. The Kier molecular flexibility index (Phi) is 8.21. The minimum Gasteiger partial charge on any atom is -0.324 e. The molecule has 1 aliphatic rings. The van der Waals surface area contributed by atoms with Crippen LogP contribution in [0, 0.1) is 0 Å². The Hall–Kier alpha value is 0.150. The minimum absolute atomic E-state index is 0.0367. The van der Waals surface area contributed by atoms with Crippen LogP contribution in [-0.2, 0) is 9.09 Å². The maximum Gasteiger partial charge on any atom is 0.328 e. The van der Waals surface area contributed by atoms with Gasteiger partial charge in [0.05, 0.1) is 6.10 Å². The predicted molar refractivity (Wildman–Crippen MR) is 76.0 cm³/mol. The summed E-state index contributed by atoms with van der Waals surface area (Å²) in [5, 5.41) is 0. The third-order valence-corrected chi connectivity index (χ3v) is 5.17. The summed E-state index contributed by atoms with van der Waals surface area (Å²) in [7, 11) is -3.32. The monoisotopic (exact) mass is 276 g/mol. The van der Waals surface area contributed by atoms with Crippen LogP contribution in [0.15, 0.2) is 0 Å². The van der Waals surface area contributed by atoms with Gasteiger partial charge in [-0.2, -0.15) is 0 Å². The average Bonchev–Trinajstić information content (AvgIpc) is 2.34. The van der Waals surface area contributed by atoms with Crippen molar-refractivity contribution >= 4 is 7.60 Å². The molecule has 1 rings (SSSR count). The molecule has 4 heteroatoms. The summed E-state index contributed by atoms with van der Waals surface area (Å²) in [6.07, 6.45) is 12.6. The van der Waals surface area contributed by atoms with Crippen LogP contribution >= 0.6 is 7.60 Å². The van der Waals surface area contributed by atoms with Crippen molar-refractivity contribution in [2.45, 2.75) is 83.7 Å². The van der Waals surface area contributed by atoms with Crippen molar-refractivity contribution in [2.24, 2.45) is 0 Å². The summed E-state index contributed by atoms with van der Waals surface area (Å²) >= 11 is 0. The van der Waals surface area contributed by atoms with Gasteiger partial charge in [0.1, 0.15) is 0 Å². The maximum absolute atomic E-state index is 11.9. The van der Waals surface area contributed by atoms with Gasteiger partial charge in [0, 0.05) is 6.16 Å².